The summed E-state index contributed by atoms with van der Waals surface area (Å²) in [5.74, 6) is 2.48. The summed E-state index contributed by atoms with van der Waals surface area (Å²) in [6.45, 7) is 1.47. The van der Waals surface area contributed by atoms with E-state index in [2.05, 4.69) is 10.1 Å². The van der Waals surface area contributed by atoms with Crippen LogP contribution in [0, 0.1) is 0 Å². The average Bonchev–Trinajstić information content (AvgIpc) is 3.09. The van der Waals surface area contributed by atoms with E-state index in [0.29, 0.717) is 18.9 Å². The van der Waals surface area contributed by atoms with Gasteiger partial charge in [0.2, 0.25) is 5.89 Å². The Morgan fingerprint density at radius 3 is 3.05 bits per heavy atom. The van der Waals surface area contributed by atoms with Gasteiger partial charge in [0.05, 0.1) is 20.1 Å². The quantitative estimate of drug-likeness (QED) is 0.843. The molecule has 1 saturated heterocycles. The second-order valence-corrected chi connectivity index (χ2v) is 4.60. The molecule has 1 atom stereocenters. The van der Waals surface area contributed by atoms with Crippen molar-refractivity contribution in [2.45, 2.75) is 18.8 Å². The zero-order chi connectivity index (χ0) is 13.1. The Hall–Kier alpha value is -1.88. The van der Waals surface area contributed by atoms with Crippen LogP contribution in [0.25, 0.3) is 0 Å². The molecule has 5 heteroatoms. The Kier molecular flexibility index (Phi) is 3.46. The number of benzene rings is 1. The van der Waals surface area contributed by atoms with Gasteiger partial charge >= 0.3 is 0 Å². The molecule has 100 valence electrons. The van der Waals surface area contributed by atoms with Gasteiger partial charge in [0, 0.05) is 18.1 Å². The van der Waals surface area contributed by atoms with Gasteiger partial charge in [0.1, 0.15) is 5.75 Å². The highest BCUT2D eigenvalue weighted by Crippen LogP contribution is 2.24. The lowest BCUT2D eigenvalue weighted by atomic mass is 10.1. The normalized spacial score (nSPS) is 18.7. The molecule has 1 aliphatic heterocycles. The summed E-state index contributed by atoms with van der Waals surface area (Å²) in [4.78, 5) is 4.45. The van der Waals surface area contributed by atoms with E-state index in [-0.39, 0.29) is 5.92 Å². The van der Waals surface area contributed by atoms with Crippen LogP contribution in [0.3, 0.4) is 0 Å². The molecular weight excluding hydrogens is 244 g/mol. The largest absolute Gasteiger partial charge is 0.496 e. The third kappa shape index (κ3) is 2.61. The van der Waals surface area contributed by atoms with Crippen molar-refractivity contribution in [3.05, 3.63) is 41.5 Å². The summed E-state index contributed by atoms with van der Waals surface area (Å²) in [5.41, 5.74) is 1.04. The Balaban J connectivity index is 1.76. The van der Waals surface area contributed by atoms with E-state index < -0.39 is 0 Å². The first kappa shape index (κ1) is 12.2. The molecule has 2 aromatic rings. The fourth-order valence-corrected chi connectivity index (χ4v) is 2.26. The van der Waals surface area contributed by atoms with E-state index in [1.165, 1.54) is 0 Å². The number of rotatable bonds is 4. The molecule has 0 N–H and O–H groups in total. The predicted molar refractivity (Wildman–Crippen MR) is 68.3 cm³/mol. The molecule has 5 nitrogen and oxygen atoms in total. The molecule has 3 rings (SSSR count). The van der Waals surface area contributed by atoms with Crippen LogP contribution in [0.15, 0.2) is 28.8 Å². The maximum absolute atomic E-state index is 5.33. The second-order valence-electron chi connectivity index (χ2n) is 4.60. The SMILES string of the molecule is COc1ccccc1Cc1nc([C@H]2CCOC2)no1. The smallest absolute Gasteiger partial charge is 0.231 e. The van der Waals surface area contributed by atoms with Crippen LogP contribution in [0.5, 0.6) is 5.75 Å². The summed E-state index contributed by atoms with van der Waals surface area (Å²) in [6.07, 6.45) is 1.55. The Morgan fingerprint density at radius 2 is 2.26 bits per heavy atom. The Labute approximate surface area is 111 Å². The highest BCUT2D eigenvalue weighted by Gasteiger charge is 2.23. The minimum Gasteiger partial charge on any atom is -0.496 e. The topological polar surface area (TPSA) is 57.4 Å². The number of ether oxygens (including phenoxy) is 2. The fraction of sp³-hybridized carbons (Fsp3) is 0.429. The van der Waals surface area contributed by atoms with Crippen LogP contribution in [-0.4, -0.2) is 30.5 Å². The van der Waals surface area contributed by atoms with E-state index in [4.69, 9.17) is 14.0 Å². The van der Waals surface area contributed by atoms with Crippen molar-refractivity contribution >= 4 is 0 Å². The standard InChI is InChI=1S/C14H16N2O3/c1-17-12-5-3-2-4-10(12)8-13-15-14(16-19-13)11-6-7-18-9-11/h2-5,11H,6-9H2,1H3/t11-/m0/s1. The Bertz CT molecular complexity index is 547. The summed E-state index contributed by atoms with van der Waals surface area (Å²) in [6, 6.07) is 7.84. The Morgan fingerprint density at radius 1 is 1.37 bits per heavy atom. The zero-order valence-electron chi connectivity index (χ0n) is 10.8. The highest BCUT2D eigenvalue weighted by molar-refractivity contribution is 5.34. The van der Waals surface area contributed by atoms with E-state index in [1.54, 1.807) is 7.11 Å². The second kappa shape index (κ2) is 5.40. The molecule has 1 aliphatic rings. The summed E-state index contributed by atoms with van der Waals surface area (Å²) in [7, 11) is 1.66. The van der Waals surface area contributed by atoms with E-state index in [0.717, 1.165) is 30.2 Å². The van der Waals surface area contributed by atoms with Crippen molar-refractivity contribution in [1.29, 1.82) is 0 Å². The third-order valence-corrected chi connectivity index (χ3v) is 3.31. The molecule has 0 amide bonds. The lowest BCUT2D eigenvalue weighted by Gasteiger charge is -2.05. The molecule has 0 bridgehead atoms. The van der Waals surface area contributed by atoms with Crippen molar-refractivity contribution in [1.82, 2.24) is 10.1 Å². The summed E-state index contributed by atoms with van der Waals surface area (Å²) < 4.78 is 16.0. The molecular formula is C14H16N2O3. The van der Waals surface area contributed by atoms with Crippen LogP contribution in [0.2, 0.25) is 0 Å². The average molecular weight is 260 g/mol. The first-order valence-corrected chi connectivity index (χ1v) is 6.39. The van der Waals surface area contributed by atoms with E-state index in [1.807, 2.05) is 24.3 Å². The number of hydrogen-bond acceptors (Lipinski definition) is 5. The number of aromatic nitrogens is 2. The van der Waals surface area contributed by atoms with Gasteiger partial charge in [0.25, 0.3) is 0 Å². The lowest BCUT2D eigenvalue weighted by molar-refractivity contribution is 0.192. The van der Waals surface area contributed by atoms with Crippen LogP contribution < -0.4 is 4.74 Å². The van der Waals surface area contributed by atoms with Gasteiger partial charge < -0.3 is 14.0 Å². The van der Waals surface area contributed by atoms with Gasteiger partial charge in [-0.2, -0.15) is 4.98 Å². The van der Waals surface area contributed by atoms with E-state index >= 15 is 0 Å². The molecule has 1 aromatic carbocycles. The maximum atomic E-state index is 5.33. The van der Waals surface area contributed by atoms with Gasteiger partial charge in [-0.05, 0) is 12.5 Å². The van der Waals surface area contributed by atoms with Crippen molar-refractivity contribution < 1.29 is 14.0 Å². The highest BCUT2D eigenvalue weighted by atomic mass is 16.5. The van der Waals surface area contributed by atoms with Gasteiger partial charge in [0.15, 0.2) is 5.82 Å². The first-order valence-electron chi connectivity index (χ1n) is 6.39. The summed E-state index contributed by atoms with van der Waals surface area (Å²) >= 11 is 0. The monoisotopic (exact) mass is 260 g/mol. The van der Waals surface area contributed by atoms with Gasteiger partial charge in [-0.1, -0.05) is 23.4 Å². The predicted octanol–water partition coefficient (Wildman–Crippen LogP) is 2.17. The van der Waals surface area contributed by atoms with Crippen LogP contribution in [0.4, 0.5) is 0 Å². The number of nitrogens with zero attached hydrogens (tertiary/aromatic N) is 2. The van der Waals surface area contributed by atoms with Crippen molar-refractivity contribution in [3.63, 3.8) is 0 Å². The molecule has 1 fully saturated rings. The van der Waals surface area contributed by atoms with Gasteiger partial charge in [-0.3, -0.25) is 0 Å². The fourth-order valence-electron chi connectivity index (χ4n) is 2.26. The number of methoxy groups -OCH3 is 1. The molecule has 0 spiro atoms. The third-order valence-electron chi connectivity index (χ3n) is 3.31. The van der Waals surface area contributed by atoms with Gasteiger partial charge in [-0.15, -0.1) is 0 Å². The van der Waals surface area contributed by atoms with Crippen molar-refractivity contribution in [2.75, 3.05) is 20.3 Å². The summed E-state index contributed by atoms with van der Waals surface area (Å²) in [5, 5.41) is 4.04. The zero-order valence-corrected chi connectivity index (χ0v) is 10.8. The molecule has 0 saturated carbocycles. The lowest BCUT2D eigenvalue weighted by Crippen LogP contribution is -2.00. The van der Waals surface area contributed by atoms with Gasteiger partial charge in [-0.25, -0.2) is 0 Å². The first-order chi connectivity index (χ1) is 9.36. The van der Waals surface area contributed by atoms with Crippen LogP contribution in [-0.2, 0) is 11.2 Å². The minimum absolute atomic E-state index is 0.273. The maximum Gasteiger partial charge on any atom is 0.231 e. The molecule has 2 heterocycles. The van der Waals surface area contributed by atoms with E-state index in [9.17, 15) is 0 Å². The molecule has 0 unspecified atom stereocenters. The number of para-hydroxylation sites is 1. The molecule has 0 radical (unpaired) electrons. The van der Waals surface area contributed by atoms with Crippen LogP contribution >= 0.6 is 0 Å². The number of hydrogen-bond donors (Lipinski definition) is 0. The molecule has 1 aromatic heterocycles. The minimum atomic E-state index is 0.273. The molecule has 19 heavy (non-hydrogen) atoms. The van der Waals surface area contributed by atoms with Crippen molar-refractivity contribution in [2.24, 2.45) is 0 Å². The van der Waals surface area contributed by atoms with Crippen molar-refractivity contribution in [3.8, 4) is 5.75 Å². The van der Waals surface area contributed by atoms with Crippen LogP contribution in [0.1, 0.15) is 29.6 Å². The molecule has 0 aliphatic carbocycles.